The summed E-state index contributed by atoms with van der Waals surface area (Å²) < 4.78 is 7.65. The van der Waals surface area contributed by atoms with Crippen molar-refractivity contribution in [1.29, 1.82) is 0 Å². The number of hydrogen-bond donors (Lipinski definition) is 3. The van der Waals surface area contributed by atoms with Gasteiger partial charge in [0.05, 0.1) is 6.33 Å². The molecule has 2 aromatic rings. The van der Waals surface area contributed by atoms with Gasteiger partial charge in [-0.05, 0) is 17.7 Å². The molecule has 0 amide bonds. The Kier molecular flexibility index (Phi) is 7.74. The van der Waals surface area contributed by atoms with E-state index in [-0.39, 0.29) is 0 Å². The highest BCUT2D eigenvalue weighted by Gasteiger charge is 2.06. The van der Waals surface area contributed by atoms with Crippen molar-refractivity contribution >= 4 is 0 Å². The monoisotopic (exact) mass is 332 g/mol. The van der Waals surface area contributed by atoms with E-state index in [0.29, 0.717) is 19.2 Å². The molecule has 132 valence electrons. The maximum Gasteiger partial charge on any atom is 0.119 e. The number of aromatic nitrogens is 2. The fourth-order valence-electron chi connectivity index (χ4n) is 2.19. The van der Waals surface area contributed by atoms with Crippen molar-refractivity contribution in [3.05, 3.63) is 48.5 Å². The van der Waals surface area contributed by atoms with E-state index in [4.69, 9.17) is 4.74 Å². The van der Waals surface area contributed by atoms with E-state index in [9.17, 15) is 5.11 Å². The summed E-state index contributed by atoms with van der Waals surface area (Å²) in [4.78, 5) is 4.02. The molecule has 0 fully saturated rings. The van der Waals surface area contributed by atoms with E-state index in [1.165, 1.54) is 5.56 Å². The molecule has 1 aromatic heterocycles. The molecular formula is C18H28N4O2. The largest absolute Gasteiger partial charge is 0.491 e. The standard InChI is InChI=1S/C18H28N4O2/c1-15(2)21-12-17(23)13-24-18-5-3-16(4-6-18)11-19-7-9-22-10-8-20-14-22/h3-6,8,10,14-15,17,19,21,23H,7,9,11-13H2,1-2H3. The van der Waals surface area contributed by atoms with Crippen LogP contribution in [-0.4, -0.2) is 46.5 Å². The predicted molar refractivity (Wildman–Crippen MR) is 95.0 cm³/mol. The summed E-state index contributed by atoms with van der Waals surface area (Å²) in [5.74, 6) is 0.778. The van der Waals surface area contributed by atoms with Gasteiger partial charge in [0.25, 0.3) is 0 Å². The van der Waals surface area contributed by atoms with Crippen LogP contribution in [0.15, 0.2) is 43.0 Å². The van der Waals surface area contributed by atoms with Crippen LogP contribution in [-0.2, 0) is 13.1 Å². The third kappa shape index (κ3) is 7.12. The zero-order chi connectivity index (χ0) is 17.2. The van der Waals surface area contributed by atoms with Crippen LogP contribution in [0.1, 0.15) is 19.4 Å². The Labute approximate surface area is 143 Å². The van der Waals surface area contributed by atoms with Gasteiger partial charge in [0.15, 0.2) is 0 Å². The summed E-state index contributed by atoms with van der Waals surface area (Å²) in [5.41, 5.74) is 1.20. The average Bonchev–Trinajstić information content (AvgIpc) is 3.09. The summed E-state index contributed by atoms with van der Waals surface area (Å²) in [6, 6.07) is 8.32. The van der Waals surface area contributed by atoms with Gasteiger partial charge in [-0.2, -0.15) is 0 Å². The summed E-state index contributed by atoms with van der Waals surface area (Å²) in [7, 11) is 0. The SMILES string of the molecule is CC(C)NCC(O)COc1ccc(CNCCn2ccnc2)cc1. The Morgan fingerprint density at radius 1 is 1.25 bits per heavy atom. The first-order valence-corrected chi connectivity index (χ1v) is 8.43. The molecule has 1 heterocycles. The Morgan fingerprint density at radius 2 is 2.04 bits per heavy atom. The first-order valence-electron chi connectivity index (χ1n) is 8.43. The maximum absolute atomic E-state index is 9.83. The molecular weight excluding hydrogens is 304 g/mol. The molecule has 1 aromatic carbocycles. The van der Waals surface area contributed by atoms with Crippen LogP contribution in [0.3, 0.4) is 0 Å². The van der Waals surface area contributed by atoms with Gasteiger partial charge in [0, 0.05) is 44.6 Å². The van der Waals surface area contributed by atoms with E-state index < -0.39 is 6.10 Å². The highest BCUT2D eigenvalue weighted by atomic mass is 16.5. The highest BCUT2D eigenvalue weighted by molar-refractivity contribution is 5.27. The Balaban J connectivity index is 1.63. The fraction of sp³-hybridized carbons (Fsp3) is 0.500. The second kappa shape index (κ2) is 10.1. The number of imidazole rings is 1. The molecule has 6 heteroatoms. The van der Waals surface area contributed by atoms with E-state index in [0.717, 1.165) is 25.4 Å². The second-order valence-corrected chi connectivity index (χ2v) is 6.15. The van der Waals surface area contributed by atoms with E-state index in [1.54, 1.807) is 6.20 Å². The van der Waals surface area contributed by atoms with Crippen molar-refractivity contribution in [3.63, 3.8) is 0 Å². The number of ether oxygens (including phenoxy) is 1. The summed E-state index contributed by atoms with van der Waals surface area (Å²) >= 11 is 0. The van der Waals surface area contributed by atoms with E-state index in [1.807, 2.05) is 41.4 Å². The maximum atomic E-state index is 9.83. The van der Waals surface area contributed by atoms with Crippen LogP contribution in [0.2, 0.25) is 0 Å². The number of aliphatic hydroxyl groups is 1. The van der Waals surface area contributed by atoms with Crippen molar-refractivity contribution in [2.24, 2.45) is 0 Å². The van der Waals surface area contributed by atoms with Crippen LogP contribution in [0.5, 0.6) is 5.75 Å². The second-order valence-electron chi connectivity index (χ2n) is 6.15. The molecule has 3 N–H and O–H groups in total. The summed E-state index contributed by atoms with van der Waals surface area (Å²) in [5, 5.41) is 16.4. The summed E-state index contributed by atoms with van der Waals surface area (Å²) in [6.45, 7) is 7.55. The van der Waals surface area contributed by atoms with Crippen LogP contribution < -0.4 is 15.4 Å². The first kappa shape index (κ1) is 18.4. The quantitative estimate of drug-likeness (QED) is 0.543. The predicted octanol–water partition coefficient (Wildman–Crippen LogP) is 1.41. The van der Waals surface area contributed by atoms with Crippen molar-refractivity contribution in [1.82, 2.24) is 20.2 Å². The minimum absolute atomic E-state index is 0.294. The van der Waals surface area contributed by atoms with Crippen molar-refractivity contribution in [2.75, 3.05) is 19.7 Å². The molecule has 6 nitrogen and oxygen atoms in total. The van der Waals surface area contributed by atoms with Crippen LogP contribution in [0.25, 0.3) is 0 Å². The van der Waals surface area contributed by atoms with Gasteiger partial charge in [-0.25, -0.2) is 4.98 Å². The number of nitrogens with zero attached hydrogens (tertiary/aromatic N) is 2. The van der Waals surface area contributed by atoms with Gasteiger partial charge in [0.2, 0.25) is 0 Å². The molecule has 1 atom stereocenters. The van der Waals surface area contributed by atoms with Crippen LogP contribution >= 0.6 is 0 Å². The molecule has 0 spiro atoms. The fourth-order valence-corrected chi connectivity index (χ4v) is 2.19. The zero-order valence-corrected chi connectivity index (χ0v) is 14.5. The molecule has 0 saturated carbocycles. The van der Waals surface area contributed by atoms with E-state index >= 15 is 0 Å². The molecule has 1 unspecified atom stereocenters. The Morgan fingerprint density at radius 3 is 2.71 bits per heavy atom. The lowest BCUT2D eigenvalue weighted by molar-refractivity contribution is 0.104. The van der Waals surface area contributed by atoms with Crippen LogP contribution in [0.4, 0.5) is 0 Å². The molecule has 0 aliphatic rings. The number of aliphatic hydroxyl groups excluding tert-OH is 1. The van der Waals surface area contributed by atoms with Crippen LogP contribution in [0, 0.1) is 0 Å². The highest BCUT2D eigenvalue weighted by Crippen LogP contribution is 2.12. The minimum Gasteiger partial charge on any atom is -0.491 e. The van der Waals surface area contributed by atoms with Crippen molar-refractivity contribution in [2.45, 2.75) is 39.1 Å². The number of hydrogen-bond acceptors (Lipinski definition) is 5. The van der Waals surface area contributed by atoms with Gasteiger partial charge in [-0.1, -0.05) is 26.0 Å². The van der Waals surface area contributed by atoms with Gasteiger partial charge < -0.3 is 25.0 Å². The number of nitrogens with one attached hydrogen (secondary N) is 2. The first-order chi connectivity index (χ1) is 11.6. The molecule has 0 radical (unpaired) electrons. The molecule has 0 aliphatic carbocycles. The molecule has 0 bridgehead atoms. The van der Waals surface area contributed by atoms with Crippen molar-refractivity contribution < 1.29 is 9.84 Å². The van der Waals surface area contributed by atoms with Crippen molar-refractivity contribution in [3.8, 4) is 5.75 Å². The lowest BCUT2D eigenvalue weighted by Gasteiger charge is -2.15. The number of benzene rings is 1. The molecule has 2 rings (SSSR count). The Hall–Kier alpha value is -1.89. The normalized spacial score (nSPS) is 12.5. The van der Waals surface area contributed by atoms with Gasteiger partial charge >= 0.3 is 0 Å². The lowest BCUT2D eigenvalue weighted by atomic mass is 10.2. The zero-order valence-electron chi connectivity index (χ0n) is 14.5. The Bertz CT molecular complexity index is 555. The molecule has 0 saturated heterocycles. The van der Waals surface area contributed by atoms with Gasteiger partial charge in [-0.3, -0.25) is 0 Å². The molecule has 24 heavy (non-hydrogen) atoms. The lowest BCUT2D eigenvalue weighted by Crippen LogP contribution is -2.35. The topological polar surface area (TPSA) is 71.3 Å². The summed E-state index contributed by atoms with van der Waals surface area (Å²) in [6.07, 6.45) is 5.06. The van der Waals surface area contributed by atoms with Gasteiger partial charge in [-0.15, -0.1) is 0 Å². The smallest absolute Gasteiger partial charge is 0.119 e. The third-order valence-electron chi connectivity index (χ3n) is 3.56. The minimum atomic E-state index is -0.503. The average molecular weight is 332 g/mol. The number of rotatable bonds is 11. The van der Waals surface area contributed by atoms with Gasteiger partial charge in [0.1, 0.15) is 18.5 Å². The third-order valence-corrected chi connectivity index (χ3v) is 3.56. The van der Waals surface area contributed by atoms with E-state index in [2.05, 4.69) is 29.5 Å². The molecule has 0 aliphatic heterocycles.